The molecule has 11 atom stereocenters. The first-order valence-corrected chi connectivity index (χ1v) is 39.2. The number of amides is 4. The molecule has 22 heteroatoms. The van der Waals surface area contributed by atoms with Crippen molar-refractivity contribution in [2.24, 2.45) is 0 Å². The van der Waals surface area contributed by atoms with Gasteiger partial charge in [0.1, 0.15) is 47.4 Å². The van der Waals surface area contributed by atoms with Crippen LogP contribution in [-0.2, 0) is 75.0 Å². The van der Waals surface area contributed by atoms with Gasteiger partial charge >= 0.3 is 33.2 Å². The summed E-state index contributed by atoms with van der Waals surface area (Å²) in [6, 6.07) is 84.9. The fraction of sp³-hybridized carbons (Fsp3) is 0.259. The highest BCUT2D eigenvalue weighted by atomic mass is 31.2. The number of esters is 1. The Morgan fingerprint density at radius 1 is 0.364 bits per heavy atom. The number of carbonyl (C=O) groups is 3. The van der Waals surface area contributed by atoms with Crippen LogP contribution in [0.25, 0.3) is 0 Å². The second kappa shape index (κ2) is 37.7. The number of rotatable bonds is 30. The molecule has 0 bridgehead atoms. The molecule has 4 amide bonds. The normalized spacial score (nSPS) is 20.2. The van der Waals surface area contributed by atoms with Crippen LogP contribution in [0.4, 0.5) is 9.59 Å². The van der Waals surface area contributed by atoms with Crippen LogP contribution in [0.1, 0.15) is 58.4 Å². The number of aliphatic hydroxyl groups excluding tert-OH is 4. The lowest BCUT2D eigenvalue weighted by Crippen LogP contribution is -2.50. The topological polar surface area (TPSA) is 255 Å². The SMILES string of the molecule is CCOC(=O)[C@@H](C)OP(=O)(COc1ccc(C[C@@H]2[C@H](O)[C@@H](O)[C@@H](Cc3ccccc3)N(Cc3ccccc3)C(=O)N2Cc2ccccc2)cc1)Oc1ccccc1.O=C1N(Cc2ccccc2)[C@H](Cc2ccccc2)[C@H](O)[C@@H](O)[C@@H](Cc2ccc(OCP(=O)(O)Oc3ccccc3)cc2)N1Cc1ccccc1. The number of urea groups is 2. The van der Waals surface area contributed by atoms with Crippen molar-refractivity contribution in [2.75, 3.05) is 19.3 Å². The lowest BCUT2D eigenvalue weighted by Gasteiger charge is -2.36. The molecule has 2 unspecified atom stereocenters. The molecule has 0 saturated carbocycles. The number of aliphatic hydroxyl groups is 4. The van der Waals surface area contributed by atoms with Gasteiger partial charge in [-0.3, -0.25) is 4.52 Å². The summed E-state index contributed by atoms with van der Waals surface area (Å²) >= 11 is 0. The molecule has 2 fully saturated rings. The summed E-state index contributed by atoms with van der Waals surface area (Å²) in [5.41, 5.74) is 7.00. The first-order valence-electron chi connectivity index (χ1n) is 35.7. The predicted octanol–water partition coefficient (Wildman–Crippen LogP) is 14.3. The number of hydrogen-bond donors (Lipinski definition) is 5. The van der Waals surface area contributed by atoms with Gasteiger partial charge in [0.15, 0.2) is 12.5 Å². The van der Waals surface area contributed by atoms with Crippen molar-refractivity contribution in [2.45, 2.75) is 120 Å². The molecule has 10 aromatic rings. The summed E-state index contributed by atoms with van der Waals surface area (Å²) < 4.78 is 59.7. The van der Waals surface area contributed by atoms with Crippen molar-refractivity contribution in [3.63, 3.8) is 0 Å². The van der Waals surface area contributed by atoms with Crippen molar-refractivity contribution >= 4 is 33.2 Å². The third-order valence-electron chi connectivity index (χ3n) is 18.7. The molecule has 0 radical (unpaired) electrons. The van der Waals surface area contributed by atoms with Gasteiger partial charge in [-0.25, -0.2) is 23.5 Å². The van der Waals surface area contributed by atoms with E-state index in [1.54, 1.807) is 136 Å². The third-order valence-corrected chi connectivity index (χ3v) is 21.2. The summed E-state index contributed by atoms with van der Waals surface area (Å²) in [4.78, 5) is 59.0. The molecule has 0 spiro atoms. The molecule has 556 valence electrons. The van der Waals surface area contributed by atoms with E-state index in [4.69, 9.17) is 27.8 Å². The fourth-order valence-corrected chi connectivity index (χ4v) is 15.5. The van der Waals surface area contributed by atoms with Gasteiger partial charge in [0.05, 0.1) is 30.8 Å². The van der Waals surface area contributed by atoms with Crippen LogP contribution in [0.5, 0.6) is 23.0 Å². The maximum absolute atomic E-state index is 14.9. The zero-order chi connectivity index (χ0) is 75.1. The Morgan fingerprint density at radius 3 is 0.925 bits per heavy atom. The van der Waals surface area contributed by atoms with E-state index in [0.29, 0.717) is 24.3 Å². The predicted molar refractivity (Wildman–Crippen MR) is 408 cm³/mol. The first-order chi connectivity index (χ1) is 51.9. The Kier molecular flexibility index (Phi) is 27.4. The monoisotopic (exact) mass is 1480 g/mol. The molecule has 12 rings (SSSR count). The highest BCUT2D eigenvalue weighted by molar-refractivity contribution is 7.54. The van der Waals surface area contributed by atoms with E-state index in [1.165, 1.54) is 6.92 Å². The highest BCUT2D eigenvalue weighted by Crippen LogP contribution is 2.50. The molecule has 0 aliphatic carbocycles. The van der Waals surface area contributed by atoms with Crippen LogP contribution in [0.3, 0.4) is 0 Å². The van der Waals surface area contributed by atoms with Gasteiger partial charge in [0.2, 0.25) is 6.35 Å². The van der Waals surface area contributed by atoms with Crippen molar-refractivity contribution < 1.29 is 76.6 Å². The average molecular weight is 1490 g/mol. The number of hydrogen-bond acceptors (Lipinski definition) is 15. The minimum atomic E-state index is -4.08. The molecule has 2 heterocycles. The number of ether oxygens (including phenoxy) is 3. The summed E-state index contributed by atoms with van der Waals surface area (Å²) in [5.74, 6) is 0.570. The minimum Gasteiger partial charge on any atom is -0.480 e. The highest BCUT2D eigenvalue weighted by Gasteiger charge is 2.48. The molecule has 10 aromatic carbocycles. The van der Waals surface area contributed by atoms with Crippen molar-refractivity contribution in [3.8, 4) is 23.0 Å². The second-order valence-electron chi connectivity index (χ2n) is 26.4. The van der Waals surface area contributed by atoms with E-state index in [0.717, 1.165) is 44.5 Å². The molecule has 0 aromatic heterocycles. The van der Waals surface area contributed by atoms with Crippen LogP contribution < -0.4 is 18.5 Å². The zero-order valence-corrected chi connectivity index (χ0v) is 61.4. The van der Waals surface area contributed by atoms with Crippen LogP contribution >= 0.6 is 15.2 Å². The lowest BCUT2D eigenvalue weighted by molar-refractivity contribution is -0.150. The van der Waals surface area contributed by atoms with E-state index in [1.807, 2.05) is 182 Å². The molecule has 2 aliphatic heterocycles. The Balaban J connectivity index is 0.000000215. The number of benzene rings is 10. The molecule has 5 N–H and O–H groups in total. The minimum absolute atomic E-state index is 0.133. The smallest absolute Gasteiger partial charge is 0.417 e. The first kappa shape index (κ1) is 77.7. The van der Waals surface area contributed by atoms with E-state index >= 15 is 0 Å². The number of carbonyl (C=O) groups excluding carboxylic acids is 3. The maximum Gasteiger partial charge on any atom is 0.417 e. The third kappa shape index (κ3) is 21.9. The van der Waals surface area contributed by atoms with Gasteiger partial charge in [-0.1, -0.05) is 243 Å². The van der Waals surface area contributed by atoms with Crippen LogP contribution in [0.15, 0.2) is 291 Å². The zero-order valence-electron chi connectivity index (χ0n) is 59.6. The van der Waals surface area contributed by atoms with E-state index in [2.05, 4.69) is 0 Å². The van der Waals surface area contributed by atoms with Crippen molar-refractivity contribution in [1.82, 2.24) is 19.6 Å². The number of para-hydroxylation sites is 2. The summed E-state index contributed by atoms with van der Waals surface area (Å²) in [6.07, 6.45) is -6.18. The molecule has 107 heavy (non-hydrogen) atoms. The molecular weight excluding hydrogens is 1390 g/mol. The molecule has 20 nitrogen and oxygen atoms in total. The largest absolute Gasteiger partial charge is 0.480 e. The van der Waals surface area contributed by atoms with Gasteiger partial charge in [0, 0.05) is 26.2 Å². The van der Waals surface area contributed by atoms with Crippen LogP contribution in [0, 0.1) is 0 Å². The van der Waals surface area contributed by atoms with Crippen molar-refractivity contribution in [1.29, 1.82) is 0 Å². The van der Waals surface area contributed by atoms with Gasteiger partial charge in [-0.05, 0) is 133 Å². The molecular formula is C85H90N4O16P2. The van der Waals surface area contributed by atoms with Gasteiger partial charge in [-0.2, -0.15) is 0 Å². The summed E-state index contributed by atoms with van der Waals surface area (Å²) in [5, 5.41) is 48.0. The van der Waals surface area contributed by atoms with E-state index in [-0.39, 0.29) is 69.2 Å². The number of nitrogens with zero attached hydrogens (tertiary/aromatic N) is 4. The second-order valence-corrected chi connectivity index (χ2v) is 30.0. The fourth-order valence-electron chi connectivity index (χ4n) is 13.2. The average Bonchev–Trinajstić information content (AvgIpc) is 1.65. The standard InChI is InChI=1S/C45H49N2O9P.C40H41N2O7P/c1-3-53-44(50)33(2)55-57(52,56-39-22-14-7-15-23-39)32-54-38-26-24-35(25-27-38)29-41-43(49)42(48)40(28-34-16-8-4-9-17-34)46(30-36-18-10-5-11-19-36)45(51)47(41)31-37-20-12-6-13-21-37;43-38-36(25-30-13-5-1-6-14-30)41(27-32-15-7-2-8-16-32)40(45)42(28-33-17-9-3-10-18-33)37(39(38)44)26-31-21-23-34(24-22-31)48-29-50(46,47)49-35-19-11-4-12-20-35/h4-27,33,40-43,48-49H,3,28-32H2,1-2H3;1-24,36-39,43-44H,25-29H2,(H,46,47)/t33-,40-,41-,42+,43+,57?;36-,37-,38+,39+/m11/s1. The van der Waals surface area contributed by atoms with Crippen LogP contribution in [0.2, 0.25) is 0 Å². The maximum atomic E-state index is 14.9. The Hall–Kier alpha value is -10.4. The Morgan fingerprint density at radius 2 is 0.626 bits per heavy atom. The quantitative estimate of drug-likeness (QED) is 0.0207. The van der Waals surface area contributed by atoms with Gasteiger partial charge < -0.3 is 68.2 Å². The Labute approximate surface area is 624 Å². The van der Waals surface area contributed by atoms with Gasteiger partial charge in [-0.15, -0.1) is 0 Å². The van der Waals surface area contributed by atoms with E-state index in [9.17, 15) is 48.8 Å². The molecule has 2 saturated heterocycles. The van der Waals surface area contributed by atoms with Crippen molar-refractivity contribution in [3.05, 3.63) is 336 Å². The van der Waals surface area contributed by atoms with E-state index < -0.39 is 88.5 Å². The lowest BCUT2D eigenvalue weighted by atomic mass is 9.91. The summed E-state index contributed by atoms with van der Waals surface area (Å²) in [6.45, 7) is 4.17. The van der Waals surface area contributed by atoms with Gasteiger partial charge in [0.25, 0.3) is 0 Å². The summed E-state index contributed by atoms with van der Waals surface area (Å²) in [7, 11) is -8.13. The molecule has 2 aliphatic rings. The Bertz CT molecular complexity index is 4480. The van der Waals surface area contributed by atoms with Crippen LogP contribution in [-0.4, -0.2) is 137 Å².